The van der Waals surface area contributed by atoms with E-state index in [1.165, 1.54) is 24.0 Å². The Morgan fingerprint density at radius 3 is 2.20 bits per heavy atom. The molecule has 1 atom stereocenters. The summed E-state index contributed by atoms with van der Waals surface area (Å²) in [6.07, 6.45) is 1.32. The maximum atomic E-state index is 13.6. The second kappa shape index (κ2) is 12.2. The summed E-state index contributed by atoms with van der Waals surface area (Å²) in [5.41, 5.74) is 1.26. The molecule has 0 saturated carbocycles. The molecule has 0 aliphatic carbocycles. The van der Waals surface area contributed by atoms with Gasteiger partial charge in [-0.05, 0) is 57.0 Å². The number of hydrogen-bond acceptors (Lipinski definition) is 5. The Morgan fingerprint density at radius 1 is 1.06 bits per heavy atom. The molecule has 0 aromatic heterocycles. The molecule has 0 aliphatic rings. The summed E-state index contributed by atoms with van der Waals surface area (Å²) < 4.78 is 26.3. The standard InChI is InChI=1S/C25H32ClN3O5S/c1-6-23(25(32)27-17(2)3)28(15-19-10-12-21(26)13-11-19)24(31)16-29(35(5,33)34)22-9-7-8-20(14-22)18(4)30/h7-14,17,23H,6,15-16H2,1-5H3,(H,27,32). The lowest BCUT2D eigenvalue weighted by molar-refractivity contribution is -0.140. The Balaban J connectivity index is 2.47. The molecule has 0 heterocycles. The number of benzene rings is 2. The van der Waals surface area contributed by atoms with Gasteiger partial charge in [0.25, 0.3) is 0 Å². The molecule has 190 valence electrons. The van der Waals surface area contributed by atoms with Gasteiger partial charge < -0.3 is 10.2 Å². The van der Waals surface area contributed by atoms with Gasteiger partial charge in [0.1, 0.15) is 12.6 Å². The van der Waals surface area contributed by atoms with Crippen LogP contribution < -0.4 is 9.62 Å². The van der Waals surface area contributed by atoms with E-state index < -0.39 is 28.5 Å². The van der Waals surface area contributed by atoms with Gasteiger partial charge in [0, 0.05) is 23.2 Å². The van der Waals surface area contributed by atoms with Crippen LogP contribution in [0.3, 0.4) is 0 Å². The molecular formula is C25H32ClN3O5S. The van der Waals surface area contributed by atoms with E-state index in [4.69, 9.17) is 11.6 Å². The van der Waals surface area contributed by atoms with Gasteiger partial charge in [0.05, 0.1) is 11.9 Å². The Morgan fingerprint density at radius 2 is 1.69 bits per heavy atom. The van der Waals surface area contributed by atoms with Crippen molar-refractivity contribution >= 4 is 44.9 Å². The second-order valence-electron chi connectivity index (χ2n) is 8.61. The Bertz CT molecular complexity index is 1170. The molecule has 0 bridgehead atoms. The first-order valence-electron chi connectivity index (χ1n) is 11.3. The first-order chi connectivity index (χ1) is 16.3. The van der Waals surface area contributed by atoms with Crippen LogP contribution in [0.2, 0.25) is 5.02 Å². The molecular weight excluding hydrogens is 490 g/mol. The predicted octanol–water partition coefficient (Wildman–Crippen LogP) is 3.64. The van der Waals surface area contributed by atoms with Gasteiger partial charge >= 0.3 is 0 Å². The second-order valence-corrected chi connectivity index (χ2v) is 11.0. The van der Waals surface area contributed by atoms with Crippen molar-refractivity contribution in [3.8, 4) is 0 Å². The number of nitrogens with zero attached hydrogens (tertiary/aromatic N) is 2. The fraction of sp³-hybridized carbons (Fsp3) is 0.400. The van der Waals surface area contributed by atoms with Crippen molar-refractivity contribution in [1.29, 1.82) is 0 Å². The number of halogens is 1. The van der Waals surface area contributed by atoms with Crippen molar-refractivity contribution in [2.75, 3.05) is 17.1 Å². The summed E-state index contributed by atoms with van der Waals surface area (Å²) in [7, 11) is -3.88. The van der Waals surface area contributed by atoms with E-state index in [0.29, 0.717) is 17.0 Å². The van der Waals surface area contributed by atoms with Crippen molar-refractivity contribution in [2.24, 2.45) is 0 Å². The van der Waals surface area contributed by atoms with Gasteiger partial charge in [-0.1, -0.05) is 42.8 Å². The Hall–Kier alpha value is -2.91. The SMILES string of the molecule is CCC(C(=O)NC(C)C)N(Cc1ccc(Cl)cc1)C(=O)CN(c1cccc(C(C)=O)c1)S(C)(=O)=O. The molecule has 10 heteroatoms. The molecule has 2 aromatic carbocycles. The summed E-state index contributed by atoms with van der Waals surface area (Å²) in [6.45, 7) is 6.37. The third kappa shape index (κ3) is 8.07. The van der Waals surface area contributed by atoms with Crippen LogP contribution in [-0.4, -0.2) is 55.8 Å². The highest BCUT2D eigenvalue weighted by Gasteiger charge is 2.32. The molecule has 0 aliphatic heterocycles. The molecule has 0 fully saturated rings. The van der Waals surface area contributed by atoms with Crippen LogP contribution in [0.4, 0.5) is 5.69 Å². The van der Waals surface area contributed by atoms with E-state index in [1.807, 2.05) is 13.8 Å². The largest absolute Gasteiger partial charge is 0.352 e. The van der Waals surface area contributed by atoms with E-state index in [2.05, 4.69) is 5.32 Å². The number of hydrogen-bond donors (Lipinski definition) is 1. The smallest absolute Gasteiger partial charge is 0.244 e. The fourth-order valence-corrected chi connectivity index (χ4v) is 4.55. The summed E-state index contributed by atoms with van der Waals surface area (Å²) >= 11 is 5.99. The fourth-order valence-electron chi connectivity index (χ4n) is 3.58. The number of anilines is 1. The van der Waals surface area contributed by atoms with Gasteiger partial charge in [0.2, 0.25) is 21.8 Å². The summed E-state index contributed by atoms with van der Waals surface area (Å²) in [4.78, 5) is 39.8. The third-order valence-corrected chi connectivity index (χ3v) is 6.70. The van der Waals surface area contributed by atoms with E-state index in [-0.39, 0.29) is 30.0 Å². The Kier molecular flexibility index (Phi) is 9.85. The zero-order valence-corrected chi connectivity index (χ0v) is 22.2. The molecule has 35 heavy (non-hydrogen) atoms. The van der Waals surface area contributed by atoms with Crippen LogP contribution in [0.5, 0.6) is 0 Å². The zero-order chi connectivity index (χ0) is 26.3. The van der Waals surface area contributed by atoms with Gasteiger partial charge in [0.15, 0.2) is 5.78 Å². The van der Waals surface area contributed by atoms with Crippen molar-refractivity contribution in [1.82, 2.24) is 10.2 Å². The van der Waals surface area contributed by atoms with Gasteiger partial charge in [-0.15, -0.1) is 0 Å². The minimum absolute atomic E-state index is 0.0884. The van der Waals surface area contributed by atoms with Crippen LogP contribution in [0.15, 0.2) is 48.5 Å². The monoisotopic (exact) mass is 521 g/mol. The lowest BCUT2D eigenvalue weighted by Crippen LogP contribution is -2.53. The number of amides is 2. The maximum Gasteiger partial charge on any atom is 0.244 e. The third-order valence-electron chi connectivity index (χ3n) is 5.30. The van der Waals surface area contributed by atoms with E-state index in [1.54, 1.807) is 43.3 Å². The van der Waals surface area contributed by atoms with Gasteiger partial charge in [-0.2, -0.15) is 0 Å². The van der Waals surface area contributed by atoms with Crippen molar-refractivity contribution < 1.29 is 22.8 Å². The number of Topliss-reactive ketones (excluding diaryl/α,β-unsaturated/α-hetero) is 1. The lowest BCUT2D eigenvalue weighted by Gasteiger charge is -2.33. The number of rotatable bonds is 11. The molecule has 0 saturated heterocycles. The minimum atomic E-state index is -3.88. The normalized spacial score (nSPS) is 12.2. The number of ketones is 1. The van der Waals surface area contributed by atoms with Gasteiger partial charge in [-0.3, -0.25) is 18.7 Å². The van der Waals surface area contributed by atoms with Crippen LogP contribution in [0.25, 0.3) is 0 Å². The maximum absolute atomic E-state index is 13.6. The summed E-state index contributed by atoms with van der Waals surface area (Å²) in [6, 6.07) is 12.0. The highest BCUT2D eigenvalue weighted by molar-refractivity contribution is 7.92. The van der Waals surface area contributed by atoms with Crippen LogP contribution in [0.1, 0.15) is 50.0 Å². The molecule has 2 amide bonds. The van der Waals surface area contributed by atoms with Crippen LogP contribution >= 0.6 is 11.6 Å². The average molecular weight is 522 g/mol. The average Bonchev–Trinajstić information content (AvgIpc) is 2.77. The summed E-state index contributed by atoms with van der Waals surface area (Å²) in [5, 5.41) is 3.37. The number of sulfonamides is 1. The molecule has 1 unspecified atom stereocenters. The molecule has 2 rings (SSSR count). The number of carbonyl (C=O) groups is 3. The molecule has 1 N–H and O–H groups in total. The topological polar surface area (TPSA) is 104 Å². The lowest BCUT2D eigenvalue weighted by atomic mass is 10.1. The van der Waals surface area contributed by atoms with Crippen molar-refractivity contribution in [2.45, 2.75) is 52.7 Å². The molecule has 0 spiro atoms. The zero-order valence-electron chi connectivity index (χ0n) is 20.6. The predicted molar refractivity (Wildman–Crippen MR) is 138 cm³/mol. The first-order valence-corrected chi connectivity index (χ1v) is 13.5. The van der Waals surface area contributed by atoms with Crippen LogP contribution in [-0.2, 0) is 26.2 Å². The molecule has 0 radical (unpaired) electrons. The quantitative estimate of drug-likeness (QED) is 0.455. The van der Waals surface area contributed by atoms with Gasteiger partial charge in [-0.25, -0.2) is 8.42 Å². The van der Waals surface area contributed by atoms with E-state index >= 15 is 0 Å². The number of carbonyl (C=O) groups excluding carboxylic acids is 3. The highest BCUT2D eigenvalue weighted by Crippen LogP contribution is 2.22. The first kappa shape index (κ1) is 28.3. The van der Waals surface area contributed by atoms with Crippen molar-refractivity contribution in [3.63, 3.8) is 0 Å². The molecule has 8 nitrogen and oxygen atoms in total. The van der Waals surface area contributed by atoms with E-state index in [9.17, 15) is 22.8 Å². The van der Waals surface area contributed by atoms with Crippen molar-refractivity contribution in [3.05, 3.63) is 64.7 Å². The Labute approximate surface area is 212 Å². The number of nitrogens with one attached hydrogen (secondary N) is 1. The highest BCUT2D eigenvalue weighted by atomic mass is 35.5. The summed E-state index contributed by atoms with van der Waals surface area (Å²) in [5.74, 6) is -1.11. The molecule has 2 aromatic rings. The minimum Gasteiger partial charge on any atom is -0.352 e. The van der Waals surface area contributed by atoms with E-state index in [0.717, 1.165) is 16.1 Å². The van der Waals surface area contributed by atoms with Crippen LogP contribution in [0, 0.1) is 0 Å².